The topological polar surface area (TPSA) is 99.4 Å². The molecule has 1 atom stereocenters. The summed E-state index contributed by atoms with van der Waals surface area (Å²) >= 11 is 0. The Morgan fingerprint density at radius 1 is 1.09 bits per heavy atom. The molecule has 0 saturated heterocycles. The molecule has 9 heteroatoms. The molecule has 3 aromatic rings. The van der Waals surface area contributed by atoms with Gasteiger partial charge in [0.1, 0.15) is 11.9 Å². The molecule has 32 heavy (non-hydrogen) atoms. The van der Waals surface area contributed by atoms with Crippen LogP contribution in [0.2, 0.25) is 0 Å². The van der Waals surface area contributed by atoms with Crippen molar-refractivity contribution in [2.45, 2.75) is 25.6 Å². The second kappa shape index (κ2) is 8.33. The van der Waals surface area contributed by atoms with Gasteiger partial charge in [0.15, 0.2) is 11.6 Å². The summed E-state index contributed by atoms with van der Waals surface area (Å²) in [5.74, 6) is 0.155. The second-order valence-corrected chi connectivity index (χ2v) is 7.14. The van der Waals surface area contributed by atoms with Crippen molar-refractivity contribution in [3.05, 3.63) is 71.3 Å². The third-order valence-electron chi connectivity index (χ3n) is 4.97. The smallest absolute Gasteiger partial charge is 0.417 e. The third kappa shape index (κ3) is 4.14. The first kappa shape index (κ1) is 21.4. The fourth-order valence-electron chi connectivity index (χ4n) is 3.31. The summed E-state index contributed by atoms with van der Waals surface area (Å²) in [6.45, 7) is 1.93. The van der Waals surface area contributed by atoms with Crippen LogP contribution in [-0.4, -0.2) is 21.9 Å². The normalized spacial score (nSPS) is 15.9. The molecule has 6 nitrogen and oxygen atoms in total. The number of aromatic nitrogens is 2. The van der Waals surface area contributed by atoms with Gasteiger partial charge in [-0.05, 0) is 36.8 Å². The molecule has 164 valence electrons. The Balaban J connectivity index is 1.92. The van der Waals surface area contributed by atoms with Crippen molar-refractivity contribution in [1.82, 2.24) is 9.97 Å². The van der Waals surface area contributed by atoms with Crippen molar-refractivity contribution < 1.29 is 17.9 Å². The van der Waals surface area contributed by atoms with E-state index in [-0.39, 0.29) is 35.0 Å². The van der Waals surface area contributed by atoms with Crippen LogP contribution in [0.4, 0.5) is 24.7 Å². The number of hydrogen-bond donors (Lipinski definition) is 2. The number of fused-ring (bicyclic) bond motifs is 1. The van der Waals surface area contributed by atoms with E-state index in [1.54, 1.807) is 30.3 Å². The third-order valence-corrected chi connectivity index (χ3v) is 4.97. The van der Waals surface area contributed by atoms with Gasteiger partial charge in [-0.2, -0.15) is 18.2 Å². The number of nitrogens with two attached hydrogens (primary N) is 2. The molecule has 4 N–H and O–H groups in total. The lowest BCUT2D eigenvalue weighted by atomic mass is 10.1. The second-order valence-electron chi connectivity index (χ2n) is 7.14. The van der Waals surface area contributed by atoms with Gasteiger partial charge in [-0.3, -0.25) is 0 Å². The minimum Gasteiger partial charge on any atom is -0.470 e. The van der Waals surface area contributed by atoms with Crippen LogP contribution >= 0.6 is 0 Å². The molecule has 2 aromatic carbocycles. The number of aliphatic imine (C=N–C) groups is 1. The summed E-state index contributed by atoms with van der Waals surface area (Å²) in [5.41, 5.74) is 12.5. The van der Waals surface area contributed by atoms with Crippen LogP contribution in [0.25, 0.3) is 17.5 Å². The number of nitrogens with zero attached hydrogens (tertiary/aromatic N) is 3. The monoisotopic (exact) mass is 439 g/mol. The minimum absolute atomic E-state index is 0.0741. The molecule has 2 heterocycles. The quantitative estimate of drug-likeness (QED) is 0.340. The van der Waals surface area contributed by atoms with Crippen LogP contribution in [0.5, 0.6) is 5.88 Å². The summed E-state index contributed by atoms with van der Waals surface area (Å²) in [7, 11) is 0. The highest BCUT2D eigenvalue weighted by molar-refractivity contribution is 6.03. The van der Waals surface area contributed by atoms with E-state index in [4.69, 9.17) is 16.2 Å². The van der Waals surface area contributed by atoms with E-state index >= 15 is 0 Å². The van der Waals surface area contributed by atoms with Gasteiger partial charge in [0.25, 0.3) is 0 Å². The van der Waals surface area contributed by atoms with Gasteiger partial charge in [0, 0.05) is 16.8 Å². The van der Waals surface area contributed by atoms with Crippen LogP contribution in [0.3, 0.4) is 0 Å². The molecule has 0 aliphatic carbocycles. The molecule has 1 aliphatic heterocycles. The standard InChI is InChI=1S/C23H20F3N5O/c1-2-13-11-12-16-21(29-19(28)15-8-4-6-10-18(15)27)30-20(31-22(16)32-13)14-7-3-5-9-17(14)23(24,25)26/h3-13H,2,27H2,1H3,(H2,28,29,30,31)/t13-/m0/s1. The predicted octanol–water partition coefficient (Wildman–Crippen LogP) is 4.97. The van der Waals surface area contributed by atoms with Gasteiger partial charge >= 0.3 is 6.18 Å². The Hall–Kier alpha value is -3.88. The van der Waals surface area contributed by atoms with Crippen molar-refractivity contribution in [3.8, 4) is 17.3 Å². The van der Waals surface area contributed by atoms with Crippen LogP contribution in [-0.2, 0) is 6.18 Å². The number of alkyl halides is 3. The molecule has 1 aliphatic rings. The van der Waals surface area contributed by atoms with E-state index in [0.29, 0.717) is 23.2 Å². The first-order chi connectivity index (χ1) is 15.3. The summed E-state index contributed by atoms with van der Waals surface area (Å²) in [6.07, 6.45) is -0.616. The Morgan fingerprint density at radius 2 is 1.81 bits per heavy atom. The molecule has 4 rings (SSSR count). The Kier molecular flexibility index (Phi) is 5.56. The Bertz CT molecular complexity index is 1220. The number of nitrogen functional groups attached to an aromatic ring is 1. The maximum Gasteiger partial charge on any atom is 0.417 e. The largest absolute Gasteiger partial charge is 0.470 e. The number of ether oxygens (including phenoxy) is 1. The van der Waals surface area contributed by atoms with Gasteiger partial charge in [0.05, 0.1) is 11.1 Å². The van der Waals surface area contributed by atoms with Crippen molar-refractivity contribution in [2.75, 3.05) is 5.73 Å². The van der Waals surface area contributed by atoms with E-state index in [0.717, 1.165) is 6.07 Å². The SMILES string of the molecule is CC[C@H]1C=Cc2c(/N=C(\N)c3ccccc3N)nc(-c3ccccc3C(F)(F)F)nc2O1. The first-order valence-corrected chi connectivity index (χ1v) is 9.90. The van der Waals surface area contributed by atoms with Crippen molar-refractivity contribution in [2.24, 2.45) is 10.7 Å². The number of benzene rings is 2. The van der Waals surface area contributed by atoms with E-state index in [1.807, 2.05) is 13.0 Å². The number of rotatable bonds is 4. The first-order valence-electron chi connectivity index (χ1n) is 9.90. The molecular weight excluding hydrogens is 419 g/mol. The maximum atomic E-state index is 13.6. The fraction of sp³-hybridized carbons (Fsp3) is 0.174. The highest BCUT2D eigenvalue weighted by Crippen LogP contribution is 2.39. The zero-order chi connectivity index (χ0) is 22.9. The molecule has 0 amide bonds. The van der Waals surface area contributed by atoms with Crippen LogP contribution in [0, 0.1) is 0 Å². The van der Waals surface area contributed by atoms with E-state index in [9.17, 15) is 13.2 Å². The molecular formula is C23H20F3N5O. The van der Waals surface area contributed by atoms with Crippen molar-refractivity contribution in [1.29, 1.82) is 0 Å². The van der Waals surface area contributed by atoms with Crippen molar-refractivity contribution in [3.63, 3.8) is 0 Å². The van der Waals surface area contributed by atoms with Gasteiger partial charge < -0.3 is 16.2 Å². The molecule has 1 aromatic heterocycles. The predicted molar refractivity (Wildman–Crippen MR) is 117 cm³/mol. The highest BCUT2D eigenvalue weighted by Gasteiger charge is 2.34. The number of hydrogen-bond acceptors (Lipinski definition) is 5. The zero-order valence-corrected chi connectivity index (χ0v) is 17.1. The molecule has 0 fully saturated rings. The summed E-state index contributed by atoms with van der Waals surface area (Å²) in [4.78, 5) is 13.0. The lowest BCUT2D eigenvalue weighted by molar-refractivity contribution is -0.137. The van der Waals surface area contributed by atoms with Gasteiger partial charge in [-0.15, -0.1) is 0 Å². The van der Waals surface area contributed by atoms with E-state index in [1.165, 1.54) is 18.2 Å². The molecule has 0 radical (unpaired) electrons. The van der Waals surface area contributed by atoms with Crippen LogP contribution < -0.4 is 16.2 Å². The highest BCUT2D eigenvalue weighted by atomic mass is 19.4. The van der Waals surface area contributed by atoms with Crippen LogP contribution in [0.15, 0.2) is 59.6 Å². The van der Waals surface area contributed by atoms with Crippen LogP contribution in [0.1, 0.15) is 30.0 Å². The molecule has 0 bridgehead atoms. The van der Waals surface area contributed by atoms with E-state index < -0.39 is 11.7 Å². The number of para-hydroxylation sites is 1. The number of anilines is 1. The van der Waals surface area contributed by atoms with Gasteiger partial charge in [0.2, 0.25) is 5.88 Å². The number of amidine groups is 1. The lowest BCUT2D eigenvalue weighted by Gasteiger charge is -2.21. The molecule has 0 spiro atoms. The average Bonchev–Trinajstić information content (AvgIpc) is 2.78. The molecule has 0 unspecified atom stereocenters. The Morgan fingerprint density at radius 3 is 2.53 bits per heavy atom. The minimum atomic E-state index is -4.58. The number of halogens is 3. The molecule has 0 saturated carbocycles. The summed E-state index contributed by atoms with van der Waals surface area (Å²) in [6, 6.07) is 12.0. The van der Waals surface area contributed by atoms with Gasteiger partial charge in [-0.25, -0.2) is 9.98 Å². The lowest BCUT2D eigenvalue weighted by Crippen LogP contribution is -2.18. The Labute approximate surface area is 182 Å². The summed E-state index contributed by atoms with van der Waals surface area (Å²) < 4.78 is 46.7. The van der Waals surface area contributed by atoms with Crippen molar-refractivity contribution >= 4 is 23.4 Å². The van der Waals surface area contributed by atoms with Gasteiger partial charge in [-0.1, -0.05) is 37.3 Å². The maximum absolute atomic E-state index is 13.6. The zero-order valence-electron chi connectivity index (χ0n) is 17.1. The summed E-state index contributed by atoms with van der Waals surface area (Å²) in [5, 5.41) is 0. The fourth-order valence-corrected chi connectivity index (χ4v) is 3.31. The van der Waals surface area contributed by atoms with E-state index in [2.05, 4.69) is 15.0 Å². The average molecular weight is 439 g/mol.